The van der Waals surface area contributed by atoms with E-state index in [0.29, 0.717) is 44.2 Å². The van der Waals surface area contributed by atoms with E-state index in [9.17, 15) is 13.2 Å². The fourth-order valence-corrected chi connectivity index (χ4v) is 4.37. The molecule has 1 aliphatic heterocycles. The zero-order chi connectivity index (χ0) is 19.0. The SMILES string of the molecule is CCOCCCNC(=O)COc1ccc(S(=O)(=O)N2CCCC2)cc1C. The van der Waals surface area contributed by atoms with Crippen LogP contribution < -0.4 is 10.1 Å². The van der Waals surface area contributed by atoms with Gasteiger partial charge in [-0.1, -0.05) is 0 Å². The number of hydrogen-bond acceptors (Lipinski definition) is 5. The lowest BCUT2D eigenvalue weighted by molar-refractivity contribution is -0.123. The van der Waals surface area contributed by atoms with Crippen LogP contribution in [0, 0.1) is 6.92 Å². The monoisotopic (exact) mass is 384 g/mol. The number of amides is 1. The summed E-state index contributed by atoms with van der Waals surface area (Å²) in [6.45, 7) is 6.56. The summed E-state index contributed by atoms with van der Waals surface area (Å²) in [5.41, 5.74) is 0.689. The first kappa shape index (κ1) is 20.7. The van der Waals surface area contributed by atoms with Crippen LogP contribution in [0.15, 0.2) is 23.1 Å². The van der Waals surface area contributed by atoms with Crippen molar-refractivity contribution in [3.63, 3.8) is 0 Å². The number of nitrogens with zero attached hydrogens (tertiary/aromatic N) is 1. The van der Waals surface area contributed by atoms with E-state index in [1.165, 1.54) is 10.4 Å². The van der Waals surface area contributed by atoms with E-state index in [4.69, 9.17) is 9.47 Å². The molecule has 1 aromatic carbocycles. The number of carbonyl (C=O) groups excluding carboxylic acids is 1. The van der Waals surface area contributed by atoms with Crippen LogP contribution >= 0.6 is 0 Å². The number of benzene rings is 1. The van der Waals surface area contributed by atoms with Crippen LogP contribution in [0.1, 0.15) is 31.7 Å². The molecule has 1 aliphatic rings. The molecule has 0 saturated carbocycles. The first-order chi connectivity index (χ1) is 12.4. The van der Waals surface area contributed by atoms with Crippen LogP contribution in [0.25, 0.3) is 0 Å². The molecule has 1 N–H and O–H groups in total. The number of carbonyl (C=O) groups is 1. The van der Waals surface area contributed by atoms with Crippen molar-refractivity contribution < 1.29 is 22.7 Å². The minimum absolute atomic E-state index is 0.103. The Labute approximate surface area is 155 Å². The zero-order valence-electron chi connectivity index (χ0n) is 15.5. The summed E-state index contributed by atoms with van der Waals surface area (Å²) in [6, 6.07) is 4.75. The second-order valence-electron chi connectivity index (χ2n) is 6.23. The number of aryl methyl sites for hydroxylation is 1. The summed E-state index contributed by atoms with van der Waals surface area (Å²) in [4.78, 5) is 12.0. The minimum Gasteiger partial charge on any atom is -0.484 e. The highest BCUT2D eigenvalue weighted by molar-refractivity contribution is 7.89. The fourth-order valence-electron chi connectivity index (χ4n) is 2.76. The minimum atomic E-state index is -3.44. The van der Waals surface area contributed by atoms with Crippen LogP contribution in [0.3, 0.4) is 0 Å². The molecular weight excluding hydrogens is 356 g/mol. The van der Waals surface area contributed by atoms with Gasteiger partial charge < -0.3 is 14.8 Å². The highest BCUT2D eigenvalue weighted by Crippen LogP contribution is 2.26. The maximum Gasteiger partial charge on any atom is 0.257 e. The normalized spacial score (nSPS) is 15.2. The fraction of sp³-hybridized carbons (Fsp3) is 0.611. The highest BCUT2D eigenvalue weighted by Gasteiger charge is 2.27. The van der Waals surface area contributed by atoms with E-state index in [1.54, 1.807) is 19.1 Å². The van der Waals surface area contributed by atoms with E-state index < -0.39 is 10.0 Å². The van der Waals surface area contributed by atoms with Gasteiger partial charge in [0.25, 0.3) is 5.91 Å². The molecule has 0 bridgehead atoms. The number of ether oxygens (including phenoxy) is 2. The molecule has 0 atom stereocenters. The lowest BCUT2D eigenvalue weighted by Gasteiger charge is -2.17. The molecular formula is C18H28N2O5S. The number of rotatable bonds is 10. The van der Waals surface area contributed by atoms with Crippen LogP contribution in [-0.4, -0.2) is 58.1 Å². The van der Waals surface area contributed by atoms with Gasteiger partial charge in [-0.3, -0.25) is 4.79 Å². The molecule has 2 rings (SSSR count). The van der Waals surface area contributed by atoms with Gasteiger partial charge in [0.15, 0.2) is 6.61 Å². The third kappa shape index (κ3) is 5.69. The largest absolute Gasteiger partial charge is 0.484 e. The second-order valence-corrected chi connectivity index (χ2v) is 8.17. The average molecular weight is 384 g/mol. The number of sulfonamides is 1. The Morgan fingerprint density at radius 1 is 1.27 bits per heavy atom. The molecule has 146 valence electrons. The molecule has 0 aromatic heterocycles. The van der Waals surface area contributed by atoms with Crippen molar-refractivity contribution in [3.05, 3.63) is 23.8 Å². The van der Waals surface area contributed by atoms with E-state index in [0.717, 1.165) is 19.3 Å². The van der Waals surface area contributed by atoms with Crippen LogP contribution in [0.5, 0.6) is 5.75 Å². The van der Waals surface area contributed by atoms with Gasteiger partial charge in [-0.25, -0.2) is 8.42 Å². The van der Waals surface area contributed by atoms with Gasteiger partial charge in [0.2, 0.25) is 10.0 Å². The van der Waals surface area contributed by atoms with Gasteiger partial charge in [-0.05, 0) is 56.9 Å². The highest BCUT2D eigenvalue weighted by atomic mass is 32.2. The van der Waals surface area contributed by atoms with Gasteiger partial charge in [-0.15, -0.1) is 0 Å². The number of hydrogen-bond donors (Lipinski definition) is 1. The van der Waals surface area contributed by atoms with Crippen LogP contribution in [0.4, 0.5) is 0 Å². The molecule has 1 saturated heterocycles. The van der Waals surface area contributed by atoms with Crippen molar-refractivity contribution in [1.82, 2.24) is 9.62 Å². The van der Waals surface area contributed by atoms with E-state index in [1.807, 2.05) is 6.92 Å². The van der Waals surface area contributed by atoms with Gasteiger partial charge in [0.05, 0.1) is 4.90 Å². The third-order valence-corrected chi connectivity index (χ3v) is 6.09. The molecule has 0 aliphatic carbocycles. The summed E-state index contributed by atoms with van der Waals surface area (Å²) >= 11 is 0. The molecule has 0 unspecified atom stereocenters. The topological polar surface area (TPSA) is 84.9 Å². The Bertz CT molecular complexity index is 700. The predicted molar refractivity (Wildman–Crippen MR) is 98.8 cm³/mol. The molecule has 1 heterocycles. The predicted octanol–water partition coefficient (Wildman–Crippen LogP) is 1.70. The maximum atomic E-state index is 12.6. The van der Waals surface area contributed by atoms with Crippen molar-refractivity contribution in [2.24, 2.45) is 0 Å². The first-order valence-electron chi connectivity index (χ1n) is 9.03. The molecule has 7 nitrogen and oxygen atoms in total. The molecule has 1 aromatic rings. The second kappa shape index (κ2) is 9.89. The Hall–Kier alpha value is -1.64. The molecule has 8 heteroatoms. The van der Waals surface area contributed by atoms with Gasteiger partial charge >= 0.3 is 0 Å². The summed E-state index contributed by atoms with van der Waals surface area (Å²) < 4.78 is 37.4. The first-order valence-corrected chi connectivity index (χ1v) is 10.5. The molecule has 0 radical (unpaired) electrons. The van der Waals surface area contributed by atoms with Crippen LogP contribution in [0.2, 0.25) is 0 Å². The Morgan fingerprint density at radius 3 is 2.65 bits per heavy atom. The summed E-state index contributed by atoms with van der Waals surface area (Å²) in [6.07, 6.45) is 2.56. The van der Waals surface area contributed by atoms with Crippen molar-refractivity contribution in [2.45, 2.75) is 38.0 Å². The van der Waals surface area contributed by atoms with Crippen molar-refractivity contribution in [1.29, 1.82) is 0 Å². The quantitative estimate of drug-likeness (QED) is 0.621. The van der Waals surface area contributed by atoms with E-state index in [-0.39, 0.29) is 17.4 Å². The van der Waals surface area contributed by atoms with Gasteiger partial charge in [0.1, 0.15) is 5.75 Å². The number of nitrogens with one attached hydrogen (secondary N) is 1. The summed E-state index contributed by atoms with van der Waals surface area (Å²) in [5, 5.41) is 2.76. The Kier molecular flexibility index (Phi) is 7.86. The summed E-state index contributed by atoms with van der Waals surface area (Å²) in [7, 11) is -3.44. The zero-order valence-corrected chi connectivity index (χ0v) is 16.3. The standard InChI is InChI=1S/C18H28N2O5S/c1-3-24-12-6-9-19-18(21)14-25-17-8-7-16(13-15(17)2)26(22,23)20-10-4-5-11-20/h7-8,13H,3-6,9-12,14H2,1-2H3,(H,19,21). The van der Waals surface area contributed by atoms with Gasteiger partial charge in [0, 0.05) is 32.8 Å². The summed E-state index contributed by atoms with van der Waals surface area (Å²) in [5.74, 6) is 0.296. The Balaban J connectivity index is 1.86. The maximum absolute atomic E-state index is 12.6. The Morgan fingerprint density at radius 2 is 2.00 bits per heavy atom. The third-order valence-electron chi connectivity index (χ3n) is 4.20. The van der Waals surface area contributed by atoms with Gasteiger partial charge in [-0.2, -0.15) is 4.31 Å². The van der Waals surface area contributed by atoms with Crippen molar-refractivity contribution in [3.8, 4) is 5.75 Å². The smallest absolute Gasteiger partial charge is 0.257 e. The van der Waals surface area contributed by atoms with E-state index >= 15 is 0 Å². The van der Waals surface area contributed by atoms with Crippen molar-refractivity contribution in [2.75, 3.05) is 39.5 Å². The van der Waals surface area contributed by atoms with Crippen LogP contribution in [-0.2, 0) is 19.6 Å². The van der Waals surface area contributed by atoms with Crippen molar-refractivity contribution >= 4 is 15.9 Å². The average Bonchev–Trinajstić information content (AvgIpc) is 3.16. The molecule has 26 heavy (non-hydrogen) atoms. The molecule has 1 amide bonds. The lowest BCUT2D eigenvalue weighted by Crippen LogP contribution is -2.30. The molecule has 0 spiro atoms. The van der Waals surface area contributed by atoms with E-state index in [2.05, 4.69) is 5.32 Å². The lowest BCUT2D eigenvalue weighted by atomic mass is 10.2. The molecule has 1 fully saturated rings.